The maximum absolute atomic E-state index is 2.78. The topological polar surface area (TPSA) is 3.24 Å². The van der Waals surface area contributed by atoms with Crippen LogP contribution < -0.4 is 0 Å². The van der Waals surface area contributed by atoms with E-state index in [9.17, 15) is 0 Å². The molecule has 0 N–H and O–H groups in total. The van der Waals surface area contributed by atoms with E-state index in [2.05, 4.69) is 11.8 Å². The molecule has 1 heteroatoms. The summed E-state index contributed by atoms with van der Waals surface area (Å²) >= 11 is 0. The average Bonchev–Trinajstić information content (AvgIpc) is 2.59. The highest BCUT2D eigenvalue weighted by Gasteiger charge is 2.48. The lowest BCUT2D eigenvalue weighted by molar-refractivity contribution is 0.180. The third-order valence-electron chi connectivity index (χ3n) is 4.60. The van der Waals surface area contributed by atoms with Crippen LogP contribution >= 0.6 is 0 Å². The van der Waals surface area contributed by atoms with Gasteiger partial charge in [0.1, 0.15) is 0 Å². The van der Waals surface area contributed by atoms with Gasteiger partial charge in [-0.2, -0.15) is 0 Å². The predicted molar refractivity (Wildman–Crippen MR) is 50.0 cm³/mol. The second-order valence-corrected chi connectivity index (χ2v) is 5.09. The Morgan fingerprint density at radius 1 is 1.08 bits per heavy atom. The summed E-state index contributed by atoms with van der Waals surface area (Å²) in [6.45, 7) is 5.32. The Kier molecular flexibility index (Phi) is 1.52. The van der Waals surface area contributed by atoms with Gasteiger partial charge in [0.05, 0.1) is 0 Å². The third kappa shape index (κ3) is 0.834. The highest BCUT2D eigenvalue weighted by molar-refractivity contribution is 5.00. The zero-order valence-electron chi connectivity index (χ0n) is 8.00. The van der Waals surface area contributed by atoms with Crippen LogP contribution in [0, 0.1) is 17.8 Å². The normalized spacial score (nSPS) is 57.2. The standard InChI is InChI=1S/C11H19N/c1-8-5-6-12-7-10(8)9-3-2-4-11(9)12/h8-11H,2-7H2,1H3. The van der Waals surface area contributed by atoms with Crippen LogP contribution in [0.2, 0.25) is 0 Å². The molecule has 0 radical (unpaired) electrons. The van der Waals surface area contributed by atoms with Gasteiger partial charge in [0.15, 0.2) is 0 Å². The summed E-state index contributed by atoms with van der Waals surface area (Å²) in [6.07, 6.45) is 6.02. The quantitative estimate of drug-likeness (QED) is 0.531. The molecular formula is C11H19N. The molecule has 1 aliphatic carbocycles. The largest absolute Gasteiger partial charge is 0.300 e. The van der Waals surface area contributed by atoms with Crippen LogP contribution in [0.1, 0.15) is 32.6 Å². The van der Waals surface area contributed by atoms with Crippen molar-refractivity contribution in [2.45, 2.75) is 38.6 Å². The van der Waals surface area contributed by atoms with E-state index in [0.29, 0.717) is 0 Å². The molecular weight excluding hydrogens is 146 g/mol. The van der Waals surface area contributed by atoms with Gasteiger partial charge >= 0.3 is 0 Å². The summed E-state index contributed by atoms with van der Waals surface area (Å²) in [6, 6.07) is 1.01. The maximum atomic E-state index is 2.78. The van der Waals surface area contributed by atoms with Gasteiger partial charge in [-0.25, -0.2) is 0 Å². The number of rotatable bonds is 0. The first-order valence-electron chi connectivity index (χ1n) is 5.60. The molecule has 0 amide bonds. The van der Waals surface area contributed by atoms with Crippen LogP contribution in [0.15, 0.2) is 0 Å². The van der Waals surface area contributed by atoms with E-state index in [4.69, 9.17) is 0 Å². The molecule has 3 aliphatic rings. The molecule has 3 fully saturated rings. The Hall–Kier alpha value is -0.0400. The Balaban J connectivity index is 1.88. The minimum Gasteiger partial charge on any atom is -0.300 e. The molecule has 5 atom stereocenters. The highest BCUT2D eigenvalue weighted by atomic mass is 15.2. The fourth-order valence-corrected chi connectivity index (χ4v) is 3.91. The molecule has 2 bridgehead atoms. The Bertz CT molecular complexity index is 189. The number of piperidine rings is 1. The molecule has 2 aliphatic heterocycles. The summed E-state index contributed by atoms with van der Waals surface area (Å²) in [5.74, 6) is 3.20. The van der Waals surface area contributed by atoms with E-state index >= 15 is 0 Å². The van der Waals surface area contributed by atoms with Crippen LogP contribution in [0.5, 0.6) is 0 Å². The van der Waals surface area contributed by atoms with Gasteiger partial charge in [-0.05, 0) is 43.6 Å². The molecule has 0 aromatic heterocycles. The van der Waals surface area contributed by atoms with Crippen LogP contribution in [0.4, 0.5) is 0 Å². The van der Waals surface area contributed by atoms with Crippen molar-refractivity contribution >= 4 is 0 Å². The number of hydrogen-bond acceptors (Lipinski definition) is 1. The second kappa shape index (κ2) is 2.47. The smallest absolute Gasteiger partial charge is 0.0127 e. The summed E-state index contributed by atoms with van der Waals surface area (Å²) in [5.41, 5.74) is 0. The van der Waals surface area contributed by atoms with Gasteiger partial charge in [-0.1, -0.05) is 13.3 Å². The zero-order chi connectivity index (χ0) is 8.13. The van der Waals surface area contributed by atoms with Crippen molar-refractivity contribution in [3.05, 3.63) is 0 Å². The van der Waals surface area contributed by atoms with Crippen molar-refractivity contribution in [1.82, 2.24) is 4.90 Å². The summed E-state index contributed by atoms with van der Waals surface area (Å²) < 4.78 is 0. The minimum atomic E-state index is 1.01. The Labute approximate surface area is 75.1 Å². The Morgan fingerprint density at radius 2 is 2.00 bits per heavy atom. The fraction of sp³-hybridized carbons (Fsp3) is 1.00. The van der Waals surface area contributed by atoms with E-state index < -0.39 is 0 Å². The molecule has 3 rings (SSSR count). The first-order chi connectivity index (χ1) is 5.86. The molecule has 1 nitrogen and oxygen atoms in total. The molecule has 1 saturated carbocycles. The minimum absolute atomic E-state index is 1.01. The van der Waals surface area contributed by atoms with Gasteiger partial charge in [-0.15, -0.1) is 0 Å². The van der Waals surface area contributed by atoms with Crippen molar-refractivity contribution in [1.29, 1.82) is 0 Å². The first kappa shape index (κ1) is 7.37. The average molecular weight is 165 g/mol. The molecule has 2 saturated heterocycles. The Morgan fingerprint density at radius 3 is 2.92 bits per heavy atom. The highest BCUT2D eigenvalue weighted by Crippen LogP contribution is 2.47. The molecule has 0 aromatic carbocycles. The lowest BCUT2D eigenvalue weighted by atomic mass is 9.81. The SMILES string of the molecule is CC1CCN2CC1C1CCCC12. The van der Waals surface area contributed by atoms with Gasteiger partial charge in [0, 0.05) is 12.6 Å². The van der Waals surface area contributed by atoms with Crippen LogP contribution in [-0.4, -0.2) is 24.0 Å². The zero-order valence-corrected chi connectivity index (χ0v) is 8.00. The van der Waals surface area contributed by atoms with E-state index in [1.54, 1.807) is 0 Å². The van der Waals surface area contributed by atoms with Gasteiger partial charge in [-0.3, -0.25) is 4.90 Å². The lowest BCUT2D eigenvalue weighted by Gasteiger charge is -2.30. The predicted octanol–water partition coefficient (Wildman–Crippen LogP) is 2.13. The molecule has 12 heavy (non-hydrogen) atoms. The van der Waals surface area contributed by atoms with Crippen molar-refractivity contribution < 1.29 is 0 Å². The number of fused-ring (bicyclic) bond motifs is 5. The first-order valence-corrected chi connectivity index (χ1v) is 5.60. The summed E-state index contributed by atoms with van der Waals surface area (Å²) in [5, 5.41) is 0. The maximum Gasteiger partial charge on any atom is 0.0127 e. The number of hydrogen-bond donors (Lipinski definition) is 0. The van der Waals surface area contributed by atoms with E-state index in [-0.39, 0.29) is 0 Å². The molecule has 0 spiro atoms. The van der Waals surface area contributed by atoms with Crippen molar-refractivity contribution in [3.63, 3.8) is 0 Å². The van der Waals surface area contributed by atoms with Crippen LogP contribution in [-0.2, 0) is 0 Å². The molecule has 2 heterocycles. The van der Waals surface area contributed by atoms with Crippen LogP contribution in [0.25, 0.3) is 0 Å². The van der Waals surface area contributed by atoms with Gasteiger partial charge < -0.3 is 0 Å². The van der Waals surface area contributed by atoms with Crippen molar-refractivity contribution in [2.24, 2.45) is 17.8 Å². The van der Waals surface area contributed by atoms with Gasteiger partial charge in [0.2, 0.25) is 0 Å². The van der Waals surface area contributed by atoms with E-state index in [0.717, 1.165) is 23.8 Å². The van der Waals surface area contributed by atoms with Crippen molar-refractivity contribution in [2.75, 3.05) is 13.1 Å². The van der Waals surface area contributed by atoms with E-state index in [1.165, 1.54) is 38.8 Å². The number of nitrogens with zero attached hydrogens (tertiary/aromatic N) is 1. The summed E-state index contributed by atoms with van der Waals surface area (Å²) in [4.78, 5) is 2.78. The molecule has 68 valence electrons. The van der Waals surface area contributed by atoms with Gasteiger partial charge in [0.25, 0.3) is 0 Å². The van der Waals surface area contributed by atoms with E-state index in [1.807, 2.05) is 0 Å². The van der Waals surface area contributed by atoms with Crippen LogP contribution in [0.3, 0.4) is 0 Å². The third-order valence-corrected chi connectivity index (χ3v) is 4.60. The second-order valence-electron chi connectivity index (χ2n) is 5.09. The lowest BCUT2D eigenvalue weighted by Crippen LogP contribution is -2.34. The monoisotopic (exact) mass is 165 g/mol. The molecule has 5 unspecified atom stereocenters. The van der Waals surface area contributed by atoms with Crippen molar-refractivity contribution in [3.8, 4) is 0 Å². The fourth-order valence-electron chi connectivity index (χ4n) is 3.91. The summed E-state index contributed by atoms with van der Waals surface area (Å²) in [7, 11) is 0. The molecule has 0 aromatic rings.